The third-order valence-corrected chi connectivity index (χ3v) is 4.11. The summed E-state index contributed by atoms with van der Waals surface area (Å²) in [6.45, 7) is 3.23. The van der Waals surface area contributed by atoms with Gasteiger partial charge in [-0.1, -0.05) is 48.5 Å². The van der Waals surface area contributed by atoms with Crippen LogP contribution in [0, 0.1) is 0 Å². The lowest BCUT2D eigenvalue weighted by Gasteiger charge is -2.17. The highest BCUT2D eigenvalue weighted by molar-refractivity contribution is 5.81. The number of hydrogen-bond acceptors (Lipinski definition) is 3. The molecule has 1 aliphatic heterocycles. The third kappa shape index (κ3) is 4.83. The summed E-state index contributed by atoms with van der Waals surface area (Å²) in [5.41, 5.74) is 2.30. The Morgan fingerprint density at radius 2 is 1.74 bits per heavy atom. The van der Waals surface area contributed by atoms with Gasteiger partial charge in [-0.15, -0.1) is 0 Å². The van der Waals surface area contributed by atoms with Gasteiger partial charge in [0.2, 0.25) is 5.91 Å². The molecular formula is C19H23N3O. The molecular weight excluding hydrogens is 286 g/mol. The Labute approximate surface area is 137 Å². The van der Waals surface area contributed by atoms with E-state index in [0.717, 1.165) is 31.7 Å². The largest absolute Gasteiger partial charge is 0.376 e. The van der Waals surface area contributed by atoms with Crippen molar-refractivity contribution in [1.82, 2.24) is 10.2 Å². The van der Waals surface area contributed by atoms with E-state index in [0.29, 0.717) is 6.54 Å². The highest BCUT2D eigenvalue weighted by Gasteiger charge is 2.23. The summed E-state index contributed by atoms with van der Waals surface area (Å²) in [4.78, 5) is 14.4. The van der Waals surface area contributed by atoms with Crippen LogP contribution in [-0.2, 0) is 11.3 Å². The van der Waals surface area contributed by atoms with Crippen LogP contribution in [0.1, 0.15) is 12.0 Å². The minimum absolute atomic E-state index is 0.0559. The molecule has 0 aliphatic carbocycles. The first kappa shape index (κ1) is 15.6. The van der Waals surface area contributed by atoms with Crippen LogP contribution in [0.4, 0.5) is 5.69 Å². The van der Waals surface area contributed by atoms with Crippen molar-refractivity contribution < 1.29 is 4.79 Å². The van der Waals surface area contributed by atoms with Gasteiger partial charge in [0.1, 0.15) is 0 Å². The summed E-state index contributed by atoms with van der Waals surface area (Å²) in [5.74, 6) is 0.0559. The fourth-order valence-corrected chi connectivity index (χ4v) is 2.95. The Morgan fingerprint density at radius 1 is 1.04 bits per heavy atom. The first-order valence-electron chi connectivity index (χ1n) is 8.14. The summed E-state index contributed by atoms with van der Waals surface area (Å²) < 4.78 is 0. The lowest BCUT2D eigenvalue weighted by molar-refractivity contribution is -0.120. The van der Waals surface area contributed by atoms with Gasteiger partial charge in [0.15, 0.2) is 0 Å². The highest BCUT2D eigenvalue weighted by atomic mass is 16.2. The molecule has 2 aromatic carbocycles. The van der Waals surface area contributed by atoms with Crippen LogP contribution in [0.2, 0.25) is 0 Å². The Bertz CT molecular complexity index is 615. The molecule has 2 aromatic rings. The van der Waals surface area contributed by atoms with Gasteiger partial charge in [-0.25, -0.2) is 0 Å². The molecule has 1 saturated heterocycles. The molecule has 4 heteroatoms. The predicted molar refractivity (Wildman–Crippen MR) is 93.2 cm³/mol. The van der Waals surface area contributed by atoms with Gasteiger partial charge in [0.25, 0.3) is 0 Å². The van der Waals surface area contributed by atoms with Gasteiger partial charge in [0.05, 0.1) is 6.54 Å². The second-order valence-corrected chi connectivity index (χ2v) is 5.99. The first-order valence-corrected chi connectivity index (χ1v) is 8.14. The average Bonchev–Trinajstić information content (AvgIpc) is 3.02. The molecule has 3 rings (SSSR count). The summed E-state index contributed by atoms with van der Waals surface area (Å²) >= 11 is 0. The number of benzene rings is 2. The molecule has 120 valence electrons. The van der Waals surface area contributed by atoms with E-state index in [2.05, 4.69) is 39.8 Å². The zero-order valence-corrected chi connectivity index (χ0v) is 13.2. The van der Waals surface area contributed by atoms with Crippen molar-refractivity contribution in [3.8, 4) is 0 Å². The van der Waals surface area contributed by atoms with Crippen molar-refractivity contribution in [1.29, 1.82) is 0 Å². The second kappa shape index (κ2) is 7.79. The van der Waals surface area contributed by atoms with E-state index in [1.165, 1.54) is 5.56 Å². The first-order chi connectivity index (χ1) is 11.3. The van der Waals surface area contributed by atoms with E-state index in [1.807, 2.05) is 36.4 Å². The number of carbonyl (C=O) groups is 1. The van der Waals surface area contributed by atoms with Gasteiger partial charge in [-0.05, 0) is 24.1 Å². The van der Waals surface area contributed by atoms with Crippen molar-refractivity contribution in [2.45, 2.75) is 19.0 Å². The summed E-state index contributed by atoms with van der Waals surface area (Å²) in [6, 6.07) is 20.5. The van der Waals surface area contributed by atoms with Crippen LogP contribution in [0.3, 0.4) is 0 Å². The number of hydrogen-bond donors (Lipinski definition) is 2. The number of nitrogens with zero attached hydrogens (tertiary/aromatic N) is 1. The monoisotopic (exact) mass is 309 g/mol. The van der Waals surface area contributed by atoms with E-state index >= 15 is 0 Å². The van der Waals surface area contributed by atoms with Crippen LogP contribution in [0.25, 0.3) is 0 Å². The Morgan fingerprint density at radius 3 is 2.48 bits per heavy atom. The highest BCUT2D eigenvalue weighted by Crippen LogP contribution is 2.13. The van der Waals surface area contributed by atoms with Crippen LogP contribution >= 0.6 is 0 Å². The van der Waals surface area contributed by atoms with Crippen molar-refractivity contribution in [2.24, 2.45) is 0 Å². The van der Waals surface area contributed by atoms with Crippen molar-refractivity contribution in [3.05, 3.63) is 66.2 Å². The quantitative estimate of drug-likeness (QED) is 0.862. The molecule has 0 saturated carbocycles. The molecule has 0 bridgehead atoms. The van der Waals surface area contributed by atoms with Gasteiger partial charge >= 0.3 is 0 Å². The zero-order chi connectivity index (χ0) is 15.9. The molecule has 0 radical (unpaired) electrons. The third-order valence-electron chi connectivity index (χ3n) is 4.11. The molecule has 0 aromatic heterocycles. The van der Waals surface area contributed by atoms with E-state index in [1.54, 1.807) is 0 Å². The number of nitrogens with one attached hydrogen (secondary N) is 2. The fraction of sp³-hybridized carbons (Fsp3) is 0.316. The second-order valence-electron chi connectivity index (χ2n) is 5.99. The van der Waals surface area contributed by atoms with E-state index in [9.17, 15) is 4.79 Å². The van der Waals surface area contributed by atoms with Crippen LogP contribution in [-0.4, -0.2) is 36.5 Å². The number of rotatable bonds is 6. The van der Waals surface area contributed by atoms with E-state index in [4.69, 9.17) is 0 Å². The Balaban J connectivity index is 1.40. The standard InChI is InChI=1S/C19H23N3O/c23-19(13-20-17-9-5-2-6-10-17)21-18-11-12-22(15-18)14-16-7-3-1-4-8-16/h1-10,18,20H,11-15H2,(H,21,23). The molecule has 0 spiro atoms. The normalized spacial score (nSPS) is 17.8. The van der Waals surface area contributed by atoms with E-state index in [-0.39, 0.29) is 11.9 Å². The van der Waals surface area contributed by atoms with Gasteiger partial charge in [-0.2, -0.15) is 0 Å². The molecule has 1 aliphatic rings. The summed E-state index contributed by atoms with van der Waals surface area (Å²) in [5, 5.41) is 6.27. The molecule has 1 fully saturated rings. The van der Waals surface area contributed by atoms with Crippen molar-refractivity contribution in [3.63, 3.8) is 0 Å². The molecule has 1 amide bonds. The molecule has 4 nitrogen and oxygen atoms in total. The van der Waals surface area contributed by atoms with Gasteiger partial charge in [0, 0.05) is 31.4 Å². The average molecular weight is 309 g/mol. The van der Waals surface area contributed by atoms with Crippen LogP contribution < -0.4 is 10.6 Å². The Kier molecular flexibility index (Phi) is 5.27. The van der Waals surface area contributed by atoms with Gasteiger partial charge < -0.3 is 10.6 Å². The minimum atomic E-state index is 0.0559. The number of carbonyl (C=O) groups excluding carboxylic acids is 1. The maximum Gasteiger partial charge on any atom is 0.239 e. The molecule has 23 heavy (non-hydrogen) atoms. The number of anilines is 1. The SMILES string of the molecule is O=C(CNc1ccccc1)NC1CCN(Cc2ccccc2)C1. The van der Waals surface area contributed by atoms with Crippen molar-refractivity contribution >= 4 is 11.6 Å². The van der Waals surface area contributed by atoms with Crippen LogP contribution in [0.5, 0.6) is 0 Å². The zero-order valence-electron chi connectivity index (χ0n) is 13.2. The summed E-state index contributed by atoms with van der Waals surface area (Å²) in [6.07, 6.45) is 1.02. The predicted octanol–water partition coefficient (Wildman–Crippen LogP) is 2.49. The molecule has 1 unspecified atom stereocenters. The van der Waals surface area contributed by atoms with E-state index < -0.39 is 0 Å². The summed E-state index contributed by atoms with van der Waals surface area (Å²) in [7, 11) is 0. The van der Waals surface area contributed by atoms with Crippen molar-refractivity contribution in [2.75, 3.05) is 25.0 Å². The fourth-order valence-electron chi connectivity index (χ4n) is 2.95. The maximum absolute atomic E-state index is 12.0. The lowest BCUT2D eigenvalue weighted by Crippen LogP contribution is -2.40. The number of para-hydroxylation sites is 1. The number of likely N-dealkylation sites (tertiary alicyclic amines) is 1. The molecule has 2 N–H and O–H groups in total. The smallest absolute Gasteiger partial charge is 0.239 e. The minimum Gasteiger partial charge on any atom is -0.376 e. The molecule has 1 heterocycles. The Hall–Kier alpha value is -2.33. The topological polar surface area (TPSA) is 44.4 Å². The maximum atomic E-state index is 12.0. The van der Waals surface area contributed by atoms with Crippen LogP contribution in [0.15, 0.2) is 60.7 Å². The molecule has 1 atom stereocenters. The lowest BCUT2D eigenvalue weighted by atomic mass is 10.2. The van der Waals surface area contributed by atoms with Gasteiger partial charge in [-0.3, -0.25) is 9.69 Å². The number of amides is 1.